The third kappa shape index (κ3) is 4.45. The molecule has 0 unspecified atom stereocenters. The Morgan fingerprint density at radius 2 is 0.618 bits per heavy atom. The Bertz CT molecular complexity index is 1140. The van der Waals surface area contributed by atoms with Crippen LogP contribution in [-0.4, -0.2) is 31.4 Å². The van der Waals surface area contributed by atoms with Crippen LogP contribution in [0.25, 0.3) is 0 Å². The molecule has 0 atom stereocenters. The Morgan fingerprint density at radius 3 is 0.824 bits per heavy atom. The molecule has 3 aromatic carbocycles. The van der Waals surface area contributed by atoms with Gasteiger partial charge in [0.1, 0.15) is 0 Å². The average Bonchev–Trinajstić information content (AvgIpc) is 2.76. The summed E-state index contributed by atoms with van der Waals surface area (Å²) in [5, 5.41) is -6.08. The van der Waals surface area contributed by atoms with Gasteiger partial charge in [-0.15, -0.1) is 0 Å². The Kier molecular flexibility index (Phi) is 9.32. The van der Waals surface area contributed by atoms with Gasteiger partial charge in [-0.05, 0) is 33.8 Å². The van der Waals surface area contributed by atoms with Crippen molar-refractivity contribution in [3.8, 4) is 0 Å². The molecule has 0 amide bonds. The molecule has 0 bridgehead atoms. The Hall–Kier alpha value is -1.76. The molecule has 1 nitrogen and oxygen atoms in total. The van der Waals surface area contributed by atoms with E-state index in [4.69, 9.17) is 0 Å². The molecule has 3 rings (SSSR count). The molecule has 0 fully saturated rings. The molecule has 0 aliphatic heterocycles. The van der Waals surface area contributed by atoms with Gasteiger partial charge in [0, 0.05) is 0 Å². The summed E-state index contributed by atoms with van der Waals surface area (Å²) in [6.07, 6.45) is 0. The minimum Gasteiger partial charge on any atom is -1.00 e. The third-order valence-corrected chi connectivity index (χ3v) is 7.81. The van der Waals surface area contributed by atoms with Crippen molar-refractivity contribution < 1.29 is 74.5 Å². The van der Waals surface area contributed by atoms with Crippen molar-refractivity contribution in [1.29, 1.82) is 0 Å². The van der Waals surface area contributed by atoms with E-state index in [1.54, 1.807) is 0 Å². The molecule has 0 aromatic heterocycles. The quantitative estimate of drug-likeness (QED) is 0.129. The van der Waals surface area contributed by atoms with E-state index in [2.05, 4.69) is 0 Å². The molecule has 0 saturated carbocycles. The zero-order valence-corrected chi connectivity index (χ0v) is 19.8. The first-order chi connectivity index (χ1) is 14.7. The van der Waals surface area contributed by atoms with Crippen LogP contribution >= 0.6 is 0 Å². The number of hydrogen-bond donors (Lipinski definition) is 0. The normalized spacial score (nSPS) is 11.2. The van der Waals surface area contributed by atoms with E-state index in [0.29, 0.717) is 0 Å². The number of halogens is 13. The minimum atomic E-state index is -6.58. The molecule has 178 valence electrons. The van der Waals surface area contributed by atoms with Gasteiger partial charge in [-0.25, -0.2) is 52.7 Å². The maximum Gasteiger partial charge on any atom is 2.00 e. The summed E-state index contributed by atoms with van der Waals surface area (Å²) in [6, 6.07) is -1.36. The standard InChI is InChI=1S/C18H3F12OSi.BrH.Mg/c19-4-1-7(13(25)16(28)10(4)22)32(31,8-2-5(20)11(23)17(29)14(8)26)9-3-6(21)12(24)18(30)15(9)27;;/h1-3H;1H;/q-1;;+2/p-1. The van der Waals surface area contributed by atoms with Crippen LogP contribution in [0.3, 0.4) is 0 Å². The minimum absolute atomic E-state index is 0. The van der Waals surface area contributed by atoms with E-state index in [1.165, 1.54) is 0 Å². The Balaban J connectivity index is 0.00000289. The smallest absolute Gasteiger partial charge is 1.00 e. The molecule has 0 saturated heterocycles. The van der Waals surface area contributed by atoms with Crippen molar-refractivity contribution in [3.63, 3.8) is 0 Å². The molecule has 0 heterocycles. The summed E-state index contributed by atoms with van der Waals surface area (Å²) in [6.45, 7) is 0. The number of rotatable bonds is 3. The van der Waals surface area contributed by atoms with E-state index < -0.39 is 112 Å². The second-order valence-corrected chi connectivity index (χ2v) is 9.20. The van der Waals surface area contributed by atoms with Gasteiger partial charge >= 0.3 is 23.1 Å². The predicted molar refractivity (Wildman–Crippen MR) is 89.2 cm³/mol. The van der Waals surface area contributed by atoms with Crippen LogP contribution in [0, 0.1) is 69.8 Å². The average molecular weight is 595 g/mol. The maximum atomic E-state index is 14.4. The molecule has 34 heavy (non-hydrogen) atoms. The van der Waals surface area contributed by atoms with Crippen LogP contribution < -0.4 is 37.3 Å². The number of benzene rings is 3. The summed E-state index contributed by atoms with van der Waals surface area (Å²) < 4.78 is 166. The molecule has 0 radical (unpaired) electrons. The second-order valence-electron chi connectivity index (χ2n) is 6.22. The van der Waals surface area contributed by atoms with Gasteiger partial charge in [-0.1, -0.05) is 0 Å². The largest absolute Gasteiger partial charge is 2.00 e. The molecular weight excluding hydrogens is 592 g/mol. The van der Waals surface area contributed by atoms with E-state index in [9.17, 15) is 57.5 Å². The summed E-state index contributed by atoms with van der Waals surface area (Å²) in [4.78, 5) is 13.7. The van der Waals surface area contributed by atoms with Gasteiger partial charge in [0.25, 0.3) is 0 Å². The first-order valence-corrected chi connectivity index (χ1v) is 9.86. The summed E-state index contributed by atoms with van der Waals surface area (Å²) in [5.74, 6) is -30.6. The predicted octanol–water partition coefficient (Wildman–Crippen LogP) is -0.694. The third-order valence-electron chi connectivity index (χ3n) is 4.45. The fourth-order valence-electron chi connectivity index (χ4n) is 2.92. The van der Waals surface area contributed by atoms with Crippen molar-refractivity contribution in [2.24, 2.45) is 0 Å². The van der Waals surface area contributed by atoms with E-state index in [1.807, 2.05) is 0 Å². The van der Waals surface area contributed by atoms with Gasteiger partial charge in [0.05, 0.1) is 8.32 Å². The van der Waals surface area contributed by atoms with Gasteiger partial charge in [-0.2, -0.15) is 0 Å². The van der Waals surface area contributed by atoms with Crippen LogP contribution in [-0.2, 0) is 0 Å². The van der Waals surface area contributed by atoms with E-state index in [0.717, 1.165) is 0 Å². The second kappa shape index (κ2) is 10.5. The summed E-state index contributed by atoms with van der Waals surface area (Å²) in [7, 11) is -6.58. The van der Waals surface area contributed by atoms with Gasteiger partial charge in [0.15, 0.2) is 69.8 Å². The zero-order chi connectivity index (χ0) is 24.3. The fourth-order valence-corrected chi connectivity index (χ4v) is 6.04. The van der Waals surface area contributed by atoms with Crippen LogP contribution in [0.4, 0.5) is 52.7 Å². The Labute approximate surface area is 209 Å². The monoisotopic (exact) mass is 594 g/mol. The molecular formula is C18H3BrF12MgOSi. The SMILES string of the molecule is [Br-].[Mg+2].[O-][Si](c1cc(F)c(F)c(F)c1F)(c1cc(F)c(F)c(F)c1F)c1cc(F)c(F)c(F)c1F. The molecule has 0 spiro atoms. The number of hydrogen-bond acceptors (Lipinski definition) is 1. The fraction of sp³-hybridized carbons (Fsp3) is 0. The topological polar surface area (TPSA) is 23.1 Å². The van der Waals surface area contributed by atoms with Crippen LogP contribution in [0.1, 0.15) is 0 Å². The molecule has 16 heteroatoms. The first kappa shape index (κ1) is 30.3. The van der Waals surface area contributed by atoms with Crippen LogP contribution in [0.15, 0.2) is 18.2 Å². The molecule has 0 aliphatic carbocycles. The molecule has 0 aliphatic rings. The first-order valence-electron chi connectivity index (χ1n) is 7.95. The molecule has 3 aromatic rings. The van der Waals surface area contributed by atoms with Crippen molar-refractivity contribution >= 4 is 46.9 Å². The van der Waals surface area contributed by atoms with Crippen molar-refractivity contribution in [1.82, 2.24) is 0 Å². The Morgan fingerprint density at radius 1 is 0.412 bits per heavy atom. The zero-order valence-electron chi connectivity index (χ0n) is 15.8. The van der Waals surface area contributed by atoms with Gasteiger partial charge in [-0.3, -0.25) is 0 Å². The van der Waals surface area contributed by atoms with Crippen molar-refractivity contribution in [2.45, 2.75) is 0 Å². The summed E-state index contributed by atoms with van der Waals surface area (Å²) in [5.41, 5.74) is 0. The van der Waals surface area contributed by atoms with Crippen molar-refractivity contribution in [2.75, 3.05) is 0 Å². The van der Waals surface area contributed by atoms with Gasteiger partial charge in [0.2, 0.25) is 0 Å². The van der Waals surface area contributed by atoms with Crippen molar-refractivity contribution in [3.05, 3.63) is 88.0 Å². The van der Waals surface area contributed by atoms with E-state index >= 15 is 0 Å². The maximum absolute atomic E-state index is 14.4. The van der Waals surface area contributed by atoms with Gasteiger partial charge < -0.3 is 21.8 Å². The molecule has 0 N–H and O–H groups in total. The summed E-state index contributed by atoms with van der Waals surface area (Å²) >= 11 is 0. The van der Waals surface area contributed by atoms with Crippen LogP contribution in [0.5, 0.6) is 0 Å². The van der Waals surface area contributed by atoms with E-state index in [-0.39, 0.29) is 40.0 Å². The van der Waals surface area contributed by atoms with Crippen LogP contribution in [0.2, 0.25) is 0 Å².